The Kier molecular flexibility index (Phi) is 3.23. The van der Waals surface area contributed by atoms with Crippen LogP contribution in [0, 0.1) is 0 Å². The first-order valence-electron chi connectivity index (χ1n) is 7.23. The van der Waals surface area contributed by atoms with Crippen LogP contribution in [-0.4, -0.2) is 24.8 Å². The first-order chi connectivity index (χ1) is 11.3. The molecule has 7 nitrogen and oxygen atoms in total. The van der Waals surface area contributed by atoms with Crippen molar-refractivity contribution in [2.45, 2.75) is 13.1 Å². The van der Waals surface area contributed by atoms with E-state index in [2.05, 4.69) is 15.4 Å². The van der Waals surface area contributed by atoms with E-state index in [4.69, 9.17) is 4.42 Å². The van der Waals surface area contributed by atoms with Crippen molar-refractivity contribution < 1.29 is 4.42 Å². The number of fused-ring (bicyclic) bond motifs is 1. The average Bonchev–Trinajstić information content (AvgIpc) is 3.18. The molecule has 0 aliphatic rings. The molecule has 0 saturated carbocycles. The fraction of sp³-hybridized carbons (Fsp3) is 0.125. The third-order valence-electron chi connectivity index (χ3n) is 3.58. The van der Waals surface area contributed by atoms with Crippen molar-refractivity contribution in [1.29, 1.82) is 0 Å². The Morgan fingerprint density at radius 3 is 2.61 bits per heavy atom. The molecule has 2 heterocycles. The van der Waals surface area contributed by atoms with Crippen LogP contribution in [0.25, 0.3) is 22.5 Å². The number of oxazole rings is 1. The molecule has 2 aromatic carbocycles. The summed E-state index contributed by atoms with van der Waals surface area (Å²) in [7, 11) is 0. The summed E-state index contributed by atoms with van der Waals surface area (Å²) in [4.78, 5) is 13.4. The quantitative estimate of drug-likeness (QED) is 0.576. The predicted octanol–water partition coefficient (Wildman–Crippen LogP) is 1.95. The number of nitrogens with zero attached hydrogens (tertiary/aromatic N) is 5. The number of rotatable bonds is 4. The van der Waals surface area contributed by atoms with Crippen LogP contribution in [0.4, 0.5) is 0 Å². The fourth-order valence-electron chi connectivity index (χ4n) is 2.46. The zero-order valence-corrected chi connectivity index (χ0v) is 12.2. The van der Waals surface area contributed by atoms with Crippen molar-refractivity contribution in [2.75, 3.05) is 0 Å². The molecule has 114 valence electrons. The van der Waals surface area contributed by atoms with Crippen molar-refractivity contribution in [3.63, 3.8) is 0 Å². The maximum atomic E-state index is 11.9. The van der Waals surface area contributed by atoms with E-state index in [1.807, 2.05) is 48.5 Å². The summed E-state index contributed by atoms with van der Waals surface area (Å²) >= 11 is 0. The Labute approximate surface area is 130 Å². The molecule has 0 amide bonds. The van der Waals surface area contributed by atoms with Gasteiger partial charge in [-0.1, -0.05) is 42.5 Å². The summed E-state index contributed by atoms with van der Waals surface area (Å²) in [6.45, 7) is 0.851. The van der Waals surface area contributed by atoms with Crippen molar-refractivity contribution in [2.24, 2.45) is 0 Å². The van der Waals surface area contributed by atoms with Gasteiger partial charge in [0.2, 0.25) is 5.82 Å². The summed E-state index contributed by atoms with van der Waals surface area (Å²) in [6, 6.07) is 17.0. The molecule has 0 N–H and O–H groups in total. The van der Waals surface area contributed by atoms with Crippen molar-refractivity contribution >= 4 is 11.1 Å². The molecule has 0 bridgehead atoms. The number of aromatic nitrogens is 5. The van der Waals surface area contributed by atoms with Gasteiger partial charge >= 0.3 is 5.76 Å². The minimum absolute atomic E-state index is 0.380. The van der Waals surface area contributed by atoms with Gasteiger partial charge in [0.15, 0.2) is 5.58 Å². The zero-order chi connectivity index (χ0) is 15.6. The van der Waals surface area contributed by atoms with E-state index < -0.39 is 0 Å². The molecule has 0 unspecified atom stereocenters. The maximum absolute atomic E-state index is 11.9. The smallest absolute Gasteiger partial charge is 0.408 e. The summed E-state index contributed by atoms with van der Waals surface area (Å²) < 4.78 is 6.77. The first kappa shape index (κ1) is 13.4. The van der Waals surface area contributed by atoms with Gasteiger partial charge in [-0.15, -0.1) is 10.2 Å². The van der Waals surface area contributed by atoms with Gasteiger partial charge in [-0.25, -0.2) is 4.79 Å². The van der Waals surface area contributed by atoms with E-state index in [9.17, 15) is 4.79 Å². The van der Waals surface area contributed by atoms with E-state index in [0.717, 1.165) is 11.1 Å². The van der Waals surface area contributed by atoms with E-state index >= 15 is 0 Å². The van der Waals surface area contributed by atoms with Crippen LogP contribution in [0.2, 0.25) is 0 Å². The lowest BCUT2D eigenvalue weighted by molar-refractivity contribution is 0.441. The molecule has 0 atom stereocenters. The minimum atomic E-state index is -0.380. The molecule has 0 aliphatic carbocycles. The third-order valence-corrected chi connectivity index (χ3v) is 3.58. The highest BCUT2D eigenvalue weighted by molar-refractivity contribution is 5.72. The molecule has 0 fully saturated rings. The third kappa shape index (κ3) is 2.52. The Balaban J connectivity index is 1.56. The van der Waals surface area contributed by atoms with Crippen molar-refractivity contribution in [3.05, 3.63) is 65.1 Å². The van der Waals surface area contributed by atoms with Crippen LogP contribution in [-0.2, 0) is 13.1 Å². The molecule has 23 heavy (non-hydrogen) atoms. The number of aryl methyl sites for hydroxylation is 2. The van der Waals surface area contributed by atoms with Crippen molar-refractivity contribution in [1.82, 2.24) is 24.8 Å². The van der Waals surface area contributed by atoms with Crippen LogP contribution in [0.5, 0.6) is 0 Å². The van der Waals surface area contributed by atoms with Gasteiger partial charge in [0.25, 0.3) is 0 Å². The monoisotopic (exact) mass is 307 g/mol. The Bertz CT molecular complexity index is 1000. The molecule has 0 radical (unpaired) electrons. The molecule has 7 heteroatoms. The summed E-state index contributed by atoms with van der Waals surface area (Å²) in [6.07, 6.45) is 0. The Morgan fingerprint density at radius 2 is 1.74 bits per heavy atom. The highest BCUT2D eigenvalue weighted by Crippen LogP contribution is 2.13. The van der Waals surface area contributed by atoms with Gasteiger partial charge in [-0.2, -0.15) is 4.80 Å². The number of hydrogen-bond donors (Lipinski definition) is 0. The summed E-state index contributed by atoms with van der Waals surface area (Å²) in [5.41, 5.74) is 2.25. The number of hydrogen-bond acceptors (Lipinski definition) is 5. The molecule has 0 saturated heterocycles. The summed E-state index contributed by atoms with van der Waals surface area (Å²) in [5, 5.41) is 12.4. The number of benzene rings is 2. The van der Waals surface area contributed by atoms with E-state index in [1.165, 1.54) is 4.80 Å². The van der Waals surface area contributed by atoms with Crippen LogP contribution in [0.3, 0.4) is 0 Å². The normalized spacial score (nSPS) is 11.1. The SMILES string of the molecule is O=c1oc2ccccc2n1CCn1nnc(-c2ccccc2)n1. The largest absolute Gasteiger partial charge is 0.420 e. The first-order valence-corrected chi connectivity index (χ1v) is 7.23. The average molecular weight is 307 g/mol. The fourth-order valence-corrected chi connectivity index (χ4v) is 2.46. The van der Waals surface area contributed by atoms with Gasteiger partial charge in [0, 0.05) is 5.56 Å². The number of para-hydroxylation sites is 2. The molecule has 0 aliphatic heterocycles. The molecule has 0 spiro atoms. The van der Waals surface area contributed by atoms with Gasteiger partial charge < -0.3 is 4.42 Å². The molecular weight excluding hydrogens is 294 g/mol. The topological polar surface area (TPSA) is 78.7 Å². The van der Waals surface area contributed by atoms with Gasteiger partial charge in [0.05, 0.1) is 18.6 Å². The van der Waals surface area contributed by atoms with E-state index in [-0.39, 0.29) is 5.76 Å². The lowest BCUT2D eigenvalue weighted by atomic mass is 10.2. The minimum Gasteiger partial charge on any atom is -0.408 e. The van der Waals surface area contributed by atoms with Gasteiger partial charge in [-0.05, 0) is 17.3 Å². The van der Waals surface area contributed by atoms with Gasteiger partial charge in [0.1, 0.15) is 0 Å². The van der Waals surface area contributed by atoms with Crippen LogP contribution in [0.15, 0.2) is 63.8 Å². The van der Waals surface area contributed by atoms with E-state index in [1.54, 1.807) is 10.6 Å². The number of tetrazole rings is 1. The molecule has 4 rings (SSSR count). The van der Waals surface area contributed by atoms with E-state index in [0.29, 0.717) is 24.5 Å². The van der Waals surface area contributed by atoms with Crippen molar-refractivity contribution in [3.8, 4) is 11.4 Å². The zero-order valence-electron chi connectivity index (χ0n) is 12.2. The second kappa shape index (κ2) is 5.53. The maximum Gasteiger partial charge on any atom is 0.420 e. The second-order valence-electron chi connectivity index (χ2n) is 5.06. The standard InChI is InChI=1S/C16H13N5O2/c22-16-20(13-8-4-5-9-14(13)23-16)10-11-21-18-15(17-19-21)12-6-2-1-3-7-12/h1-9H,10-11H2. The molecule has 2 aromatic heterocycles. The highest BCUT2D eigenvalue weighted by atomic mass is 16.4. The van der Waals surface area contributed by atoms with Crippen LogP contribution >= 0.6 is 0 Å². The summed E-state index contributed by atoms with van der Waals surface area (Å²) in [5.74, 6) is 0.185. The van der Waals surface area contributed by atoms with Gasteiger partial charge in [-0.3, -0.25) is 4.57 Å². The lowest BCUT2D eigenvalue weighted by Crippen LogP contribution is -2.18. The Morgan fingerprint density at radius 1 is 0.957 bits per heavy atom. The highest BCUT2D eigenvalue weighted by Gasteiger charge is 2.10. The molecular formula is C16H13N5O2. The molecule has 4 aromatic rings. The Hall–Kier alpha value is -3.22. The lowest BCUT2D eigenvalue weighted by Gasteiger charge is -2.00. The van der Waals surface area contributed by atoms with Crippen LogP contribution < -0.4 is 5.76 Å². The predicted molar refractivity (Wildman–Crippen MR) is 83.7 cm³/mol. The van der Waals surface area contributed by atoms with Crippen LogP contribution in [0.1, 0.15) is 0 Å². The second-order valence-corrected chi connectivity index (χ2v) is 5.06.